The van der Waals surface area contributed by atoms with Crippen LogP contribution in [-0.2, 0) is 13.1 Å². The highest BCUT2D eigenvalue weighted by molar-refractivity contribution is 6.31. The number of rotatable bonds is 4. The van der Waals surface area contributed by atoms with Gasteiger partial charge in [-0.1, -0.05) is 24.1 Å². The van der Waals surface area contributed by atoms with Crippen LogP contribution in [0.1, 0.15) is 31.2 Å². The second kappa shape index (κ2) is 5.33. The van der Waals surface area contributed by atoms with Crippen LogP contribution in [0.5, 0.6) is 0 Å². The first-order chi connectivity index (χ1) is 10.2. The number of nitrogens with zero attached hydrogens (tertiary/aromatic N) is 1. The minimum atomic E-state index is 0.839. The smallest absolute Gasteiger partial charge is 0.0498 e. The van der Waals surface area contributed by atoms with Gasteiger partial charge in [-0.25, -0.2) is 0 Å². The highest BCUT2D eigenvalue weighted by atomic mass is 35.5. The number of nitrogens with one attached hydrogen (secondary N) is 1. The molecule has 1 aromatic carbocycles. The molecule has 21 heavy (non-hydrogen) atoms. The Hall–Kier alpha value is -0.990. The van der Waals surface area contributed by atoms with Crippen molar-refractivity contribution in [3.8, 4) is 0 Å². The largest absolute Gasteiger partial charge is 0.347 e. The van der Waals surface area contributed by atoms with E-state index in [0.29, 0.717) is 0 Å². The van der Waals surface area contributed by atoms with Crippen molar-refractivity contribution < 1.29 is 0 Å². The van der Waals surface area contributed by atoms with E-state index in [1.807, 2.05) is 13.1 Å². The Morgan fingerprint density at radius 2 is 2.19 bits per heavy atom. The van der Waals surface area contributed by atoms with E-state index in [9.17, 15) is 0 Å². The van der Waals surface area contributed by atoms with Crippen molar-refractivity contribution in [1.29, 1.82) is 0 Å². The fourth-order valence-corrected chi connectivity index (χ4v) is 4.84. The number of hydrogen-bond donors (Lipinski definition) is 1. The number of halogens is 1. The molecule has 1 aromatic heterocycles. The van der Waals surface area contributed by atoms with E-state index in [0.717, 1.165) is 29.3 Å². The van der Waals surface area contributed by atoms with Gasteiger partial charge < -0.3 is 9.88 Å². The van der Waals surface area contributed by atoms with E-state index in [1.54, 1.807) is 0 Å². The Kier molecular flexibility index (Phi) is 3.47. The van der Waals surface area contributed by atoms with Crippen LogP contribution in [0.15, 0.2) is 24.4 Å². The van der Waals surface area contributed by atoms with Gasteiger partial charge in [-0.05, 0) is 61.8 Å². The quantitative estimate of drug-likeness (QED) is 0.883. The van der Waals surface area contributed by atoms with E-state index in [1.165, 1.54) is 48.7 Å². The van der Waals surface area contributed by atoms with Crippen LogP contribution in [-0.4, -0.2) is 11.6 Å². The van der Waals surface area contributed by atoms with Crippen molar-refractivity contribution in [2.24, 2.45) is 17.8 Å². The molecule has 0 saturated heterocycles. The van der Waals surface area contributed by atoms with Crippen molar-refractivity contribution in [3.05, 3.63) is 35.0 Å². The molecule has 0 aliphatic heterocycles. The summed E-state index contributed by atoms with van der Waals surface area (Å²) in [7, 11) is 2.01. The minimum Gasteiger partial charge on any atom is -0.347 e. The average Bonchev–Trinajstić information content (AvgIpc) is 3.15. The van der Waals surface area contributed by atoms with Gasteiger partial charge in [0.2, 0.25) is 0 Å². The monoisotopic (exact) mass is 302 g/mol. The maximum Gasteiger partial charge on any atom is 0.0498 e. The number of fused-ring (bicyclic) bond motifs is 3. The summed E-state index contributed by atoms with van der Waals surface area (Å²) in [6.45, 7) is 2.09. The van der Waals surface area contributed by atoms with E-state index in [2.05, 4.69) is 28.2 Å². The third-order valence-corrected chi connectivity index (χ3v) is 5.84. The summed E-state index contributed by atoms with van der Waals surface area (Å²) in [6, 6.07) is 6.30. The van der Waals surface area contributed by atoms with Crippen molar-refractivity contribution in [2.75, 3.05) is 7.05 Å². The second-order valence-electron chi connectivity index (χ2n) is 6.93. The van der Waals surface area contributed by atoms with Crippen molar-refractivity contribution >= 4 is 22.5 Å². The Morgan fingerprint density at radius 3 is 2.90 bits per heavy atom. The Labute approximate surface area is 131 Å². The molecule has 0 radical (unpaired) electrons. The molecule has 2 nitrogen and oxygen atoms in total. The fourth-order valence-electron chi connectivity index (χ4n) is 4.68. The fraction of sp³-hybridized carbons (Fsp3) is 0.556. The van der Waals surface area contributed by atoms with E-state index in [-0.39, 0.29) is 0 Å². The van der Waals surface area contributed by atoms with Gasteiger partial charge in [0.05, 0.1) is 0 Å². The molecular formula is C18H23ClN2. The summed E-state index contributed by atoms with van der Waals surface area (Å²) in [5.74, 6) is 2.86. The zero-order chi connectivity index (χ0) is 14.4. The van der Waals surface area contributed by atoms with Gasteiger partial charge in [-0.15, -0.1) is 0 Å². The third-order valence-electron chi connectivity index (χ3n) is 5.61. The van der Waals surface area contributed by atoms with Gasteiger partial charge in [0.1, 0.15) is 0 Å². The van der Waals surface area contributed by atoms with Crippen LogP contribution in [0.4, 0.5) is 0 Å². The molecule has 4 rings (SSSR count). The molecular weight excluding hydrogens is 280 g/mol. The molecule has 3 heteroatoms. The molecule has 2 saturated carbocycles. The van der Waals surface area contributed by atoms with Gasteiger partial charge in [0.15, 0.2) is 0 Å². The first-order valence-electron chi connectivity index (χ1n) is 8.16. The summed E-state index contributed by atoms with van der Waals surface area (Å²) >= 11 is 6.23. The SMILES string of the molecule is CNCc1cn(CC2CC3CCC2C3)c2cc(Cl)ccc12. The van der Waals surface area contributed by atoms with Gasteiger partial charge >= 0.3 is 0 Å². The summed E-state index contributed by atoms with van der Waals surface area (Å²) in [6.07, 6.45) is 8.19. The average molecular weight is 303 g/mol. The molecule has 1 N–H and O–H groups in total. The number of benzene rings is 1. The molecule has 112 valence electrons. The summed E-state index contributed by atoms with van der Waals surface area (Å²) in [5.41, 5.74) is 2.68. The van der Waals surface area contributed by atoms with Gasteiger partial charge in [-0.2, -0.15) is 0 Å². The van der Waals surface area contributed by atoms with Gasteiger partial charge in [0, 0.05) is 35.2 Å². The molecule has 0 spiro atoms. The molecule has 1 heterocycles. The van der Waals surface area contributed by atoms with Crippen LogP contribution in [0.3, 0.4) is 0 Å². The normalized spacial score (nSPS) is 27.8. The lowest BCUT2D eigenvalue weighted by Crippen LogP contribution is -2.16. The molecule has 2 bridgehead atoms. The van der Waals surface area contributed by atoms with Crippen LogP contribution < -0.4 is 5.32 Å². The lowest BCUT2D eigenvalue weighted by Gasteiger charge is -2.22. The molecule has 3 unspecified atom stereocenters. The molecule has 2 aromatic rings. The highest BCUT2D eigenvalue weighted by Gasteiger charge is 2.39. The maximum absolute atomic E-state index is 6.23. The lowest BCUT2D eigenvalue weighted by molar-refractivity contribution is 0.299. The van der Waals surface area contributed by atoms with E-state index in [4.69, 9.17) is 11.6 Å². The highest BCUT2D eigenvalue weighted by Crippen LogP contribution is 2.49. The van der Waals surface area contributed by atoms with E-state index >= 15 is 0 Å². The molecule has 2 aliphatic rings. The topological polar surface area (TPSA) is 17.0 Å². The number of aromatic nitrogens is 1. The van der Waals surface area contributed by atoms with Crippen molar-refractivity contribution in [3.63, 3.8) is 0 Å². The number of hydrogen-bond acceptors (Lipinski definition) is 1. The Morgan fingerprint density at radius 1 is 1.29 bits per heavy atom. The predicted molar refractivity (Wildman–Crippen MR) is 88.6 cm³/mol. The molecule has 3 atom stereocenters. The summed E-state index contributed by atoms with van der Waals surface area (Å²) in [4.78, 5) is 0. The molecule has 0 amide bonds. The minimum absolute atomic E-state index is 0.839. The first kappa shape index (κ1) is 13.7. The Bertz CT molecular complexity index is 661. The van der Waals surface area contributed by atoms with Crippen LogP contribution in [0, 0.1) is 17.8 Å². The zero-order valence-electron chi connectivity index (χ0n) is 12.6. The van der Waals surface area contributed by atoms with Crippen LogP contribution in [0.25, 0.3) is 10.9 Å². The standard InChI is InChI=1S/C18H23ClN2/c1-20-9-15-11-21(18-8-16(19)4-5-17(15)18)10-14-7-12-2-3-13(14)6-12/h4-5,8,11-14,20H,2-3,6-7,9-10H2,1H3. The lowest BCUT2D eigenvalue weighted by atomic mass is 9.89. The van der Waals surface area contributed by atoms with Crippen LogP contribution in [0.2, 0.25) is 5.02 Å². The molecule has 2 aliphatic carbocycles. The van der Waals surface area contributed by atoms with Crippen molar-refractivity contribution in [1.82, 2.24) is 9.88 Å². The van der Waals surface area contributed by atoms with E-state index < -0.39 is 0 Å². The zero-order valence-corrected chi connectivity index (χ0v) is 13.4. The summed E-state index contributed by atoms with van der Waals surface area (Å²) in [5, 5.41) is 5.46. The van der Waals surface area contributed by atoms with Gasteiger partial charge in [-0.3, -0.25) is 0 Å². The maximum atomic E-state index is 6.23. The Balaban J connectivity index is 1.68. The third kappa shape index (κ3) is 2.39. The predicted octanol–water partition coefficient (Wildman–Crippen LogP) is 4.45. The van der Waals surface area contributed by atoms with Crippen molar-refractivity contribution in [2.45, 2.75) is 38.8 Å². The molecule has 2 fully saturated rings. The first-order valence-corrected chi connectivity index (χ1v) is 8.54. The summed E-state index contributed by atoms with van der Waals surface area (Å²) < 4.78 is 2.46. The van der Waals surface area contributed by atoms with Crippen LogP contribution >= 0.6 is 11.6 Å². The second-order valence-corrected chi connectivity index (χ2v) is 7.37. The van der Waals surface area contributed by atoms with Gasteiger partial charge in [0.25, 0.3) is 0 Å².